The molecule has 0 N–H and O–H groups in total. The van der Waals surface area contributed by atoms with Gasteiger partial charge in [0.15, 0.2) is 6.29 Å². The van der Waals surface area contributed by atoms with Crippen molar-refractivity contribution in [3.05, 3.63) is 0 Å². The molecule has 0 bridgehead atoms. The van der Waals surface area contributed by atoms with Crippen molar-refractivity contribution >= 4 is 0 Å². The molecule has 0 aliphatic carbocycles. The Hall–Kier alpha value is -0.240. The monoisotopic (exact) mass is 446 g/mol. The van der Waals surface area contributed by atoms with E-state index in [0.29, 0.717) is 52.9 Å². The molecule has 1 saturated heterocycles. The highest BCUT2D eigenvalue weighted by Crippen LogP contribution is 2.13. The Morgan fingerprint density at radius 3 is 1.55 bits per heavy atom. The van der Waals surface area contributed by atoms with Gasteiger partial charge in [-0.25, -0.2) is 0 Å². The average Bonchev–Trinajstić information content (AvgIpc) is 2.80. The second-order valence-electron chi connectivity index (χ2n) is 8.30. The van der Waals surface area contributed by atoms with Gasteiger partial charge in [0.1, 0.15) is 0 Å². The standard InChI is InChI=1S/C25H50O6/c1-2-3-4-5-6-7-8-9-10-12-15-26-17-18-27-19-20-28-21-22-29-23-24-31-25-14-11-13-16-30-25/h25H,2-24H2,1H3. The molecule has 6 heteroatoms. The summed E-state index contributed by atoms with van der Waals surface area (Å²) in [7, 11) is 0. The molecule has 0 spiro atoms. The van der Waals surface area contributed by atoms with Gasteiger partial charge in [0.2, 0.25) is 0 Å². The van der Waals surface area contributed by atoms with Crippen LogP contribution in [0.5, 0.6) is 0 Å². The van der Waals surface area contributed by atoms with Crippen LogP contribution in [0.3, 0.4) is 0 Å². The third kappa shape index (κ3) is 21.4. The van der Waals surface area contributed by atoms with E-state index in [2.05, 4.69) is 6.92 Å². The SMILES string of the molecule is CCCCCCCCCCCCOCCOCCOCCOCCOC1CCCCO1. The zero-order valence-corrected chi connectivity index (χ0v) is 20.3. The van der Waals surface area contributed by atoms with Crippen molar-refractivity contribution in [3.8, 4) is 0 Å². The summed E-state index contributed by atoms with van der Waals surface area (Å²) in [5.74, 6) is 0. The second-order valence-corrected chi connectivity index (χ2v) is 8.30. The minimum absolute atomic E-state index is 0.0374. The Morgan fingerprint density at radius 1 is 0.548 bits per heavy atom. The maximum absolute atomic E-state index is 5.63. The van der Waals surface area contributed by atoms with Crippen LogP contribution in [0, 0.1) is 0 Å². The van der Waals surface area contributed by atoms with Gasteiger partial charge in [-0.05, 0) is 25.7 Å². The molecule has 6 nitrogen and oxygen atoms in total. The van der Waals surface area contributed by atoms with Crippen LogP contribution in [0.4, 0.5) is 0 Å². The van der Waals surface area contributed by atoms with Gasteiger partial charge in [0.05, 0.1) is 52.9 Å². The molecule has 0 amide bonds. The van der Waals surface area contributed by atoms with Gasteiger partial charge < -0.3 is 28.4 Å². The van der Waals surface area contributed by atoms with Crippen LogP contribution in [-0.2, 0) is 28.4 Å². The first-order chi connectivity index (χ1) is 15.4. The molecular formula is C25H50O6. The van der Waals surface area contributed by atoms with Gasteiger partial charge in [-0.1, -0.05) is 64.7 Å². The van der Waals surface area contributed by atoms with Crippen molar-refractivity contribution in [2.24, 2.45) is 0 Å². The van der Waals surface area contributed by atoms with Crippen molar-refractivity contribution in [2.75, 3.05) is 66.1 Å². The zero-order valence-electron chi connectivity index (χ0n) is 20.3. The topological polar surface area (TPSA) is 55.4 Å². The van der Waals surface area contributed by atoms with E-state index in [4.69, 9.17) is 28.4 Å². The van der Waals surface area contributed by atoms with Crippen LogP contribution in [0.2, 0.25) is 0 Å². The lowest BCUT2D eigenvalue weighted by molar-refractivity contribution is -0.169. The first-order valence-corrected chi connectivity index (χ1v) is 13.0. The molecule has 1 heterocycles. The molecule has 0 radical (unpaired) electrons. The maximum atomic E-state index is 5.63. The lowest BCUT2D eigenvalue weighted by Crippen LogP contribution is -2.24. The smallest absolute Gasteiger partial charge is 0.157 e. The molecular weight excluding hydrogens is 396 g/mol. The Bertz CT molecular complexity index is 336. The van der Waals surface area contributed by atoms with Crippen molar-refractivity contribution < 1.29 is 28.4 Å². The highest BCUT2D eigenvalue weighted by atomic mass is 16.7. The number of hydrogen-bond acceptors (Lipinski definition) is 6. The molecule has 0 aromatic rings. The van der Waals surface area contributed by atoms with Crippen LogP contribution in [0.1, 0.15) is 90.4 Å². The Balaban J connectivity index is 1.62. The molecule has 0 aromatic heterocycles. The Kier molecular flexibility index (Phi) is 22.7. The van der Waals surface area contributed by atoms with Gasteiger partial charge in [0, 0.05) is 13.2 Å². The van der Waals surface area contributed by atoms with Gasteiger partial charge in [-0.2, -0.15) is 0 Å². The molecule has 1 atom stereocenters. The molecule has 1 fully saturated rings. The van der Waals surface area contributed by atoms with E-state index in [0.717, 1.165) is 32.5 Å². The van der Waals surface area contributed by atoms with Crippen molar-refractivity contribution in [2.45, 2.75) is 96.7 Å². The predicted molar refractivity (Wildman–Crippen MR) is 125 cm³/mol. The van der Waals surface area contributed by atoms with Gasteiger partial charge in [0.25, 0.3) is 0 Å². The average molecular weight is 447 g/mol. The number of hydrogen-bond donors (Lipinski definition) is 0. The predicted octanol–water partition coefficient (Wildman–Crippen LogP) is 5.52. The van der Waals surface area contributed by atoms with E-state index in [9.17, 15) is 0 Å². The van der Waals surface area contributed by atoms with Crippen LogP contribution < -0.4 is 0 Å². The molecule has 0 aromatic carbocycles. The Morgan fingerprint density at radius 2 is 1.03 bits per heavy atom. The fourth-order valence-electron chi connectivity index (χ4n) is 3.53. The van der Waals surface area contributed by atoms with Crippen LogP contribution in [0.15, 0.2) is 0 Å². The highest BCUT2D eigenvalue weighted by molar-refractivity contribution is 4.53. The van der Waals surface area contributed by atoms with E-state index in [1.807, 2.05) is 0 Å². The minimum atomic E-state index is -0.0374. The summed E-state index contributed by atoms with van der Waals surface area (Å²) in [6, 6.07) is 0. The molecule has 1 aliphatic heterocycles. The number of rotatable bonds is 24. The van der Waals surface area contributed by atoms with Crippen molar-refractivity contribution in [1.29, 1.82) is 0 Å². The first-order valence-electron chi connectivity index (χ1n) is 13.0. The lowest BCUT2D eigenvalue weighted by Gasteiger charge is -2.22. The molecule has 1 rings (SSSR count). The third-order valence-corrected chi connectivity index (χ3v) is 5.43. The summed E-state index contributed by atoms with van der Waals surface area (Å²) < 4.78 is 33.2. The molecule has 31 heavy (non-hydrogen) atoms. The van der Waals surface area contributed by atoms with E-state index in [1.165, 1.54) is 64.2 Å². The Labute approximate surface area is 191 Å². The van der Waals surface area contributed by atoms with Crippen LogP contribution in [0.25, 0.3) is 0 Å². The lowest BCUT2D eigenvalue weighted by atomic mass is 10.1. The maximum Gasteiger partial charge on any atom is 0.157 e. The second kappa shape index (κ2) is 24.4. The first kappa shape index (κ1) is 28.8. The largest absolute Gasteiger partial charge is 0.379 e. The summed E-state index contributed by atoms with van der Waals surface area (Å²) in [4.78, 5) is 0. The normalized spacial score (nSPS) is 16.7. The quantitative estimate of drug-likeness (QED) is 0.182. The fraction of sp³-hybridized carbons (Fsp3) is 1.00. The molecule has 186 valence electrons. The van der Waals surface area contributed by atoms with Crippen LogP contribution in [-0.4, -0.2) is 72.4 Å². The van der Waals surface area contributed by atoms with E-state index < -0.39 is 0 Å². The number of ether oxygens (including phenoxy) is 6. The summed E-state index contributed by atoms with van der Waals surface area (Å²) >= 11 is 0. The zero-order chi connectivity index (χ0) is 22.1. The summed E-state index contributed by atoms with van der Waals surface area (Å²) in [6.07, 6.45) is 16.8. The van der Waals surface area contributed by atoms with Crippen molar-refractivity contribution in [1.82, 2.24) is 0 Å². The van der Waals surface area contributed by atoms with Gasteiger partial charge in [-0.15, -0.1) is 0 Å². The number of unbranched alkanes of at least 4 members (excludes halogenated alkanes) is 9. The summed E-state index contributed by atoms with van der Waals surface area (Å²) in [6.45, 7) is 8.75. The molecule has 0 saturated carbocycles. The van der Waals surface area contributed by atoms with E-state index in [1.54, 1.807) is 0 Å². The van der Waals surface area contributed by atoms with Crippen LogP contribution >= 0.6 is 0 Å². The summed E-state index contributed by atoms with van der Waals surface area (Å²) in [5.41, 5.74) is 0. The molecule has 1 aliphatic rings. The van der Waals surface area contributed by atoms with Gasteiger partial charge in [-0.3, -0.25) is 0 Å². The minimum Gasteiger partial charge on any atom is -0.379 e. The fourth-order valence-corrected chi connectivity index (χ4v) is 3.53. The molecule has 1 unspecified atom stereocenters. The third-order valence-electron chi connectivity index (χ3n) is 5.43. The summed E-state index contributed by atoms with van der Waals surface area (Å²) in [5, 5.41) is 0. The van der Waals surface area contributed by atoms with E-state index >= 15 is 0 Å². The van der Waals surface area contributed by atoms with E-state index in [-0.39, 0.29) is 6.29 Å². The van der Waals surface area contributed by atoms with Gasteiger partial charge >= 0.3 is 0 Å². The van der Waals surface area contributed by atoms with Crippen molar-refractivity contribution in [3.63, 3.8) is 0 Å². The highest BCUT2D eigenvalue weighted by Gasteiger charge is 2.13.